The van der Waals surface area contributed by atoms with Gasteiger partial charge in [-0.1, -0.05) is 30.3 Å². The van der Waals surface area contributed by atoms with E-state index in [4.69, 9.17) is 0 Å². The number of benzene rings is 1. The van der Waals surface area contributed by atoms with Crippen LogP contribution in [0.2, 0.25) is 0 Å². The first-order valence-electron chi connectivity index (χ1n) is 10.2. The van der Waals surface area contributed by atoms with Crippen molar-refractivity contribution < 1.29 is 13.2 Å². The molecule has 1 spiro atoms. The molecule has 3 aromatic rings. The Morgan fingerprint density at radius 2 is 1.83 bits per heavy atom. The lowest BCUT2D eigenvalue weighted by molar-refractivity contribution is -0.126. The van der Waals surface area contributed by atoms with Crippen LogP contribution in [0.25, 0.3) is 10.2 Å². The molecule has 30 heavy (non-hydrogen) atoms. The Labute approximate surface area is 177 Å². The molecule has 2 aliphatic heterocycles. The maximum atomic E-state index is 12.8. The largest absolute Gasteiger partial charge is 0.393 e. The molecule has 0 amide bonds. The standard InChI is InChI=1S/C22H23F3N4S/c23-22(24,25)11-17-10-18-19(26-15-27-20(18)30-17)29-9-7-21(14-29)6-8-28(13-21)12-16-4-2-1-3-5-16/h1-5,10,15H,6-9,11-14H2. The maximum Gasteiger partial charge on any atom is 0.393 e. The second-order valence-electron chi connectivity index (χ2n) is 8.54. The van der Waals surface area contributed by atoms with Gasteiger partial charge in [-0.15, -0.1) is 11.3 Å². The Morgan fingerprint density at radius 1 is 1.03 bits per heavy atom. The third kappa shape index (κ3) is 4.03. The van der Waals surface area contributed by atoms with Crippen LogP contribution in [0, 0.1) is 5.41 Å². The van der Waals surface area contributed by atoms with Crippen LogP contribution in [-0.4, -0.2) is 47.2 Å². The molecule has 4 heterocycles. The molecule has 0 radical (unpaired) electrons. The molecule has 158 valence electrons. The van der Waals surface area contributed by atoms with Gasteiger partial charge >= 0.3 is 6.18 Å². The van der Waals surface area contributed by atoms with Crippen LogP contribution < -0.4 is 4.90 Å². The summed E-state index contributed by atoms with van der Waals surface area (Å²) in [6.07, 6.45) is -1.41. The molecular weight excluding hydrogens is 409 g/mol. The van der Waals surface area contributed by atoms with E-state index in [-0.39, 0.29) is 5.41 Å². The Morgan fingerprint density at radius 3 is 2.63 bits per heavy atom. The highest BCUT2D eigenvalue weighted by atomic mass is 32.1. The molecule has 1 unspecified atom stereocenters. The topological polar surface area (TPSA) is 32.3 Å². The van der Waals surface area contributed by atoms with Gasteiger partial charge in [0.2, 0.25) is 0 Å². The minimum atomic E-state index is -4.21. The number of aromatic nitrogens is 2. The number of anilines is 1. The molecule has 5 rings (SSSR count). The molecule has 1 atom stereocenters. The Balaban J connectivity index is 1.32. The van der Waals surface area contributed by atoms with Crippen molar-refractivity contribution in [2.24, 2.45) is 5.41 Å². The number of hydrogen-bond acceptors (Lipinski definition) is 5. The normalized spacial score (nSPS) is 22.6. The van der Waals surface area contributed by atoms with Crippen molar-refractivity contribution in [1.82, 2.24) is 14.9 Å². The van der Waals surface area contributed by atoms with Gasteiger partial charge < -0.3 is 4.90 Å². The number of likely N-dealkylation sites (tertiary alicyclic amines) is 1. The van der Waals surface area contributed by atoms with Gasteiger partial charge in [0.1, 0.15) is 17.0 Å². The van der Waals surface area contributed by atoms with Gasteiger partial charge in [-0.2, -0.15) is 13.2 Å². The van der Waals surface area contributed by atoms with Crippen LogP contribution in [0.15, 0.2) is 42.7 Å². The molecule has 0 bridgehead atoms. The predicted molar refractivity (Wildman–Crippen MR) is 113 cm³/mol. The molecule has 0 N–H and O–H groups in total. The fraction of sp³-hybridized carbons (Fsp3) is 0.455. The van der Waals surface area contributed by atoms with Gasteiger partial charge in [0.25, 0.3) is 0 Å². The molecule has 4 nitrogen and oxygen atoms in total. The van der Waals surface area contributed by atoms with Gasteiger partial charge in [-0.25, -0.2) is 9.97 Å². The maximum absolute atomic E-state index is 12.8. The van der Waals surface area contributed by atoms with E-state index in [1.165, 1.54) is 11.9 Å². The zero-order valence-electron chi connectivity index (χ0n) is 16.5. The molecule has 8 heteroatoms. The summed E-state index contributed by atoms with van der Waals surface area (Å²) >= 11 is 1.12. The van der Waals surface area contributed by atoms with Gasteiger partial charge in [0.05, 0.1) is 11.8 Å². The summed E-state index contributed by atoms with van der Waals surface area (Å²) in [6.45, 7) is 4.88. The lowest BCUT2D eigenvalue weighted by Gasteiger charge is -2.25. The predicted octanol–water partition coefficient (Wildman–Crippen LogP) is 4.90. The van der Waals surface area contributed by atoms with Crippen LogP contribution in [0.5, 0.6) is 0 Å². The monoisotopic (exact) mass is 432 g/mol. The molecule has 2 aliphatic rings. The van der Waals surface area contributed by atoms with E-state index in [2.05, 4.69) is 44.0 Å². The summed E-state index contributed by atoms with van der Waals surface area (Å²) in [5, 5.41) is 0.748. The smallest absolute Gasteiger partial charge is 0.355 e. The van der Waals surface area contributed by atoms with E-state index in [1.807, 2.05) is 6.07 Å². The van der Waals surface area contributed by atoms with Crippen molar-refractivity contribution in [3.63, 3.8) is 0 Å². The average molecular weight is 433 g/mol. The number of rotatable bonds is 4. The number of hydrogen-bond donors (Lipinski definition) is 0. The average Bonchev–Trinajstić information content (AvgIpc) is 3.40. The third-order valence-electron chi connectivity index (χ3n) is 6.24. The minimum absolute atomic E-state index is 0.233. The summed E-state index contributed by atoms with van der Waals surface area (Å²) in [4.78, 5) is 14.4. The van der Waals surface area contributed by atoms with Gasteiger partial charge in [0, 0.05) is 36.5 Å². The lowest BCUT2D eigenvalue weighted by Crippen LogP contribution is -2.31. The van der Waals surface area contributed by atoms with E-state index < -0.39 is 12.6 Å². The molecule has 0 aliphatic carbocycles. The lowest BCUT2D eigenvalue weighted by atomic mass is 9.86. The van der Waals surface area contributed by atoms with Crippen LogP contribution in [-0.2, 0) is 13.0 Å². The molecule has 0 saturated carbocycles. The van der Waals surface area contributed by atoms with Crippen molar-refractivity contribution in [2.45, 2.75) is 32.0 Å². The van der Waals surface area contributed by atoms with E-state index in [0.717, 1.165) is 68.1 Å². The fourth-order valence-corrected chi connectivity index (χ4v) is 5.90. The van der Waals surface area contributed by atoms with Crippen molar-refractivity contribution in [3.05, 3.63) is 53.2 Å². The second kappa shape index (κ2) is 7.50. The SMILES string of the molecule is FC(F)(F)Cc1cc2c(N3CCC4(CCN(Cc5ccccc5)C4)C3)ncnc2s1. The zero-order valence-corrected chi connectivity index (χ0v) is 17.3. The molecular formula is C22H23F3N4S. The molecule has 1 aromatic carbocycles. The first kappa shape index (κ1) is 19.8. The van der Waals surface area contributed by atoms with Crippen molar-refractivity contribution in [2.75, 3.05) is 31.1 Å². The van der Waals surface area contributed by atoms with Crippen molar-refractivity contribution in [3.8, 4) is 0 Å². The summed E-state index contributed by atoms with van der Waals surface area (Å²) in [6, 6.07) is 12.2. The number of alkyl halides is 3. The molecule has 2 fully saturated rings. The quantitative estimate of drug-likeness (QED) is 0.587. The van der Waals surface area contributed by atoms with E-state index in [0.29, 0.717) is 9.71 Å². The van der Waals surface area contributed by atoms with E-state index >= 15 is 0 Å². The zero-order chi connectivity index (χ0) is 20.8. The Hall–Kier alpha value is -2.19. The second-order valence-corrected chi connectivity index (χ2v) is 9.65. The number of halogens is 3. The van der Waals surface area contributed by atoms with Gasteiger partial charge in [0.15, 0.2) is 0 Å². The highest BCUT2D eigenvalue weighted by Crippen LogP contribution is 2.43. The fourth-order valence-electron chi connectivity index (χ4n) is 4.88. The van der Waals surface area contributed by atoms with Crippen LogP contribution in [0.4, 0.5) is 19.0 Å². The van der Waals surface area contributed by atoms with E-state index in [9.17, 15) is 13.2 Å². The first-order valence-corrected chi connectivity index (χ1v) is 11.0. The van der Waals surface area contributed by atoms with Crippen LogP contribution >= 0.6 is 11.3 Å². The summed E-state index contributed by atoms with van der Waals surface area (Å²) in [5.74, 6) is 0.781. The van der Waals surface area contributed by atoms with Crippen molar-refractivity contribution in [1.29, 1.82) is 0 Å². The van der Waals surface area contributed by atoms with Gasteiger partial charge in [-0.3, -0.25) is 4.90 Å². The Bertz CT molecular complexity index is 1040. The van der Waals surface area contributed by atoms with Crippen molar-refractivity contribution >= 4 is 27.4 Å². The highest BCUT2D eigenvalue weighted by molar-refractivity contribution is 7.18. The summed E-state index contributed by atoms with van der Waals surface area (Å²) in [7, 11) is 0. The number of nitrogens with zero attached hydrogens (tertiary/aromatic N) is 4. The Kier molecular flexibility index (Phi) is 4.94. The van der Waals surface area contributed by atoms with E-state index in [1.54, 1.807) is 6.07 Å². The number of fused-ring (bicyclic) bond motifs is 1. The summed E-state index contributed by atoms with van der Waals surface area (Å²) in [5.41, 5.74) is 1.56. The molecule has 2 aromatic heterocycles. The summed E-state index contributed by atoms with van der Waals surface area (Å²) < 4.78 is 38.5. The van der Waals surface area contributed by atoms with Crippen LogP contribution in [0.1, 0.15) is 23.3 Å². The number of thiophene rings is 1. The minimum Gasteiger partial charge on any atom is -0.355 e. The highest BCUT2D eigenvalue weighted by Gasteiger charge is 2.44. The van der Waals surface area contributed by atoms with Crippen LogP contribution in [0.3, 0.4) is 0 Å². The van der Waals surface area contributed by atoms with Gasteiger partial charge in [-0.05, 0) is 31.0 Å². The third-order valence-corrected chi connectivity index (χ3v) is 7.28. The molecule has 2 saturated heterocycles. The first-order chi connectivity index (χ1) is 14.4.